The molecular formula is C24H33N3O3S. The predicted molar refractivity (Wildman–Crippen MR) is 127 cm³/mol. The van der Waals surface area contributed by atoms with E-state index in [-0.39, 0.29) is 5.91 Å². The third-order valence-corrected chi connectivity index (χ3v) is 7.94. The second-order valence-electron chi connectivity index (χ2n) is 7.71. The van der Waals surface area contributed by atoms with E-state index in [4.69, 9.17) is 0 Å². The van der Waals surface area contributed by atoms with Crippen LogP contribution in [0.2, 0.25) is 0 Å². The highest BCUT2D eigenvalue weighted by Crippen LogP contribution is 2.32. The van der Waals surface area contributed by atoms with Gasteiger partial charge in [0, 0.05) is 49.7 Å². The Labute approximate surface area is 186 Å². The average Bonchev–Trinajstić information content (AvgIpc) is 3.21. The average molecular weight is 444 g/mol. The monoisotopic (exact) mass is 443 g/mol. The van der Waals surface area contributed by atoms with E-state index in [0.29, 0.717) is 36.5 Å². The number of anilines is 2. The van der Waals surface area contributed by atoms with E-state index in [9.17, 15) is 13.2 Å². The van der Waals surface area contributed by atoms with Gasteiger partial charge in [-0.05, 0) is 67.8 Å². The van der Waals surface area contributed by atoms with Crippen LogP contribution in [0.15, 0.2) is 47.4 Å². The van der Waals surface area contributed by atoms with Crippen molar-refractivity contribution in [3.05, 3.63) is 53.6 Å². The summed E-state index contributed by atoms with van der Waals surface area (Å²) in [4.78, 5) is 17.5. The van der Waals surface area contributed by atoms with Gasteiger partial charge in [0.25, 0.3) is 5.91 Å². The molecular weight excluding hydrogens is 410 g/mol. The maximum atomic E-state index is 13.2. The number of fused-ring (bicyclic) bond motifs is 1. The van der Waals surface area contributed by atoms with Crippen molar-refractivity contribution in [3.63, 3.8) is 0 Å². The molecule has 6 nitrogen and oxygen atoms in total. The van der Waals surface area contributed by atoms with Crippen LogP contribution in [-0.4, -0.2) is 51.4 Å². The van der Waals surface area contributed by atoms with E-state index >= 15 is 0 Å². The molecule has 0 aliphatic carbocycles. The number of benzene rings is 2. The maximum absolute atomic E-state index is 13.2. The van der Waals surface area contributed by atoms with Gasteiger partial charge >= 0.3 is 0 Å². The van der Waals surface area contributed by atoms with Crippen LogP contribution < -0.4 is 9.80 Å². The first-order chi connectivity index (χ1) is 14.9. The van der Waals surface area contributed by atoms with Crippen molar-refractivity contribution in [1.82, 2.24) is 4.31 Å². The molecule has 1 aliphatic heterocycles. The molecule has 168 valence electrons. The highest BCUT2D eigenvalue weighted by molar-refractivity contribution is 7.89. The Morgan fingerprint density at radius 1 is 0.968 bits per heavy atom. The summed E-state index contributed by atoms with van der Waals surface area (Å²) in [6.07, 6.45) is 1.73. The fourth-order valence-corrected chi connectivity index (χ4v) is 5.68. The topological polar surface area (TPSA) is 60.9 Å². The molecule has 0 radical (unpaired) electrons. The molecule has 0 fully saturated rings. The minimum Gasteiger partial charge on any atom is -0.372 e. The first kappa shape index (κ1) is 23.3. The molecule has 2 aromatic carbocycles. The highest BCUT2D eigenvalue weighted by Gasteiger charge is 2.29. The van der Waals surface area contributed by atoms with Gasteiger partial charge < -0.3 is 9.80 Å². The quantitative estimate of drug-likeness (QED) is 0.584. The molecule has 0 aromatic heterocycles. The summed E-state index contributed by atoms with van der Waals surface area (Å²) in [6, 6.07) is 12.9. The highest BCUT2D eigenvalue weighted by atomic mass is 32.2. The minimum absolute atomic E-state index is 0.0526. The number of amides is 1. The molecule has 31 heavy (non-hydrogen) atoms. The van der Waals surface area contributed by atoms with Gasteiger partial charge in [0.1, 0.15) is 0 Å². The molecule has 0 atom stereocenters. The summed E-state index contributed by atoms with van der Waals surface area (Å²) in [5.74, 6) is -0.0526. The normalized spacial score (nSPS) is 13.5. The largest absolute Gasteiger partial charge is 0.372 e. The molecule has 1 amide bonds. The lowest BCUT2D eigenvalue weighted by atomic mass is 10.1. The summed E-state index contributed by atoms with van der Waals surface area (Å²) >= 11 is 0. The summed E-state index contributed by atoms with van der Waals surface area (Å²) in [6.45, 7) is 11.3. The van der Waals surface area contributed by atoms with E-state index < -0.39 is 10.0 Å². The Morgan fingerprint density at radius 3 is 2.23 bits per heavy atom. The van der Waals surface area contributed by atoms with Crippen LogP contribution in [0, 0.1) is 0 Å². The lowest BCUT2D eigenvalue weighted by Crippen LogP contribution is -2.31. The molecule has 7 heteroatoms. The lowest BCUT2D eigenvalue weighted by Gasteiger charge is -2.23. The van der Waals surface area contributed by atoms with E-state index in [0.717, 1.165) is 36.4 Å². The zero-order valence-corrected chi connectivity index (χ0v) is 19.8. The predicted octanol–water partition coefficient (Wildman–Crippen LogP) is 4.16. The second kappa shape index (κ2) is 9.83. The summed E-state index contributed by atoms with van der Waals surface area (Å²) in [7, 11) is -3.51. The summed E-state index contributed by atoms with van der Waals surface area (Å²) in [5.41, 5.74) is 3.46. The maximum Gasteiger partial charge on any atom is 0.258 e. The van der Waals surface area contributed by atoms with E-state index in [2.05, 4.69) is 18.7 Å². The second-order valence-corrected chi connectivity index (χ2v) is 9.65. The Hall–Kier alpha value is -2.38. The molecule has 0 spiro atoms. The number of carbonyl (C=O) groups excluding carboxylic acids is 1. The molecule has 1 heterocycles. The van der Waals surface area contributed by atoms with E-state index in [1.54, 1.807) is 23.1 Å². The van der Waals surface area contributed by atoms with Gasteiger partial charge in [-0.3, -0.25) is 4.79 Å². The number of carbonyl (C=O) groups is 1. The van der Waals surface area contributed by atoms with Crippen LogP contribution in [0.3, 0.4) is 0 Å². The number of hydrogen-bond acceptors (Lipinski definition) is 4. The van der Waals surface area contributed by atoms with Crippen LogP contribution in [0.5, 0.6) is 0 Å². The van der Waals surface area contributed by atoms with Gasteiger partial charge in [0.2, 0.25) is 10.0 Å². The Balaban J connectivity index is 1.82. The van der Waals surface area contributed by atoms with Crippen LogP contribution >= 0.6 is 0 Å². The van der Waals surface area contributed by atoms with Crippen molar-refractivity contribution in [3.8, 4) is 0 Å². The molecule has 2 aromatic rings. The molecule has 0 saturated carbocycles. The zero-order chi connectivity index (χ0) is 22.6. The SMILES string of the molecule is CCCN(CC)c1ccc(C(=O)N2CCc3cc(S(=O)(=O)N(CC)CC)ccc32)cc1. The van der Waals surface area contributed by atoms with Crippen molar-refractivity contribution in [2.24, 2.45) is 0 Å². The van der Waals surface area contributed by atoms with Crippen molar-refractivity contribution >= 4 is 27.3 Å². The first-order valence-electron chi connectivity index (χ1n) is 11.2. The van der Waals surface area contributed by atoms with Gasteiger partial charge in [0.15, 0.2) is 0 Å². The molecule has 0 bridgehead atoms. The molecule has 0 N–H and O–H groups in total. The van der Waals surface area contributed by atoms with Crippen molar-refractivity contribution in [1.29, 1.82) is 0 Å². The van der Waals surface area contributed by atoms with Crippen LogP contribution in [0.25, 0.3) is 0 Å². The fraction of sp³-hybridized carbons (Fsp3) is 0.458. The Kier molecular flexibility index (Phi) is 7.38. The van der Waals surface area contributed by atoms with Gasteiger partial charge in [-0.2, -0.15) is 4.31 Å². The van der Waals surface area contributed by atoms with Gasteiger partial charge in [-0.15, -0.1) is 0 Å². The first-order valence-corrected chi connectivity index (χ1v) is 12.6. The molecule has 0 unspecified atom stereocenters. The zero-order valence-electron chi connectivity index (χ0n) is 19.0. The van der Waals surface area contributed by atoms with Crippen molar-refractivity contribution in [2.75, 3.05) is 42.5 Å². The van der Waals surface area contributed by atoms with Crippen LogP contribution in [-0.2, 0) is 16.4 Å². The number of nitrogens with zero attached hydrogens (tertiary/aromatic N) is 3. The fourth-order valence-electron chi connectivity index (χ4n) is 4.17. The van der Waals surface area contributed by atoms with E-state index in [1.165, 1.54) is 4.31 Å². The Morgan fingerprint density at radius 2 is 1.65 bits per heavy atom. The smallest absolute Gasteiger partial charge is 0.258 e. The number of sulfonamides is 1. The van der Waals surface area contributed by atoms with E-state index in [1.807, 2.05) is 38.1 Å². The molecule has 1 aliphatic rings. The summed E-state index contributed by atoms with van der Waals surface area (Å²) < 4.78 is 27.1. The van der Waals surface area contributed by atoms with Crippen molar-refractivity contribution in [2.45, 2.75) is 45.4 Å². The number of rotatable bonds is 9. The molecule has 0 saturated heterocycles. The number of hydrogen-bond donors (Lipinski definition) is 0. The van der Waals surface area contributed by atoms with Gasteiger partial charge in [-0.1, -0.05) is 20.8 Å². The van der Waals surface area contributed by atoms with Gasteiger partial charge in [0.05, 0.1) is 4.90 Å². The summed E-state index contributed by atoms with van der Waals surface area (Å²) in [5, 5.41) is 0. The lowest BCUT2D eigenvalue weighted by molar-refractivity contribution is 0.0989. The van der Waals surface area contributed by atoms with Crippen LogP contribution in [0.4, 0.5) is 11.4 Å². The van der Waals surface area contributed by atoms with Gasteiger partial charge in [-0.25, -0.2) is 8.42 Å². The third kappa shape index (κ3) is 4.62. The minimum atomic E-state index is -3.51. The Bertz CT molecular complexity index is 1010. The standard InChI is InChI=1S/C24H33N3O3S/c1-5-16-25(6-2)21-11-9-19(10-12-21)24(28)27-17-15-20-18-22(13-14-23(20)27)31(29,30)26(7-3)8-4/h9-14,18H,5-8,15-17H2,1-4H3. The third-order valence-electron chi connectivity index (χ3n) is 5.89. The van der Waals surface area contributed by atoms with Crippen molar-refractivity contribution < 1.29 is 13.2 Å². The van der Waals surface area contributed by atoms with Crippen LogP contribution in [0.1, 0.15) is 50.0 Å². The molecule has 3 rings (SSSR count).